The first kappa shape index (κ1) is 16.4. The van der Waals surface area contributed by atoms with Gasteiger partial charge in [0.1, 0.15) is 10.8 Å². The molecule has 27 heavy (non-hydrogen) atoms. The number of benzene rings is 1. The van der Waals surface area contributed by atoms with Gasteiger partial charge >= 0.3 is 0 Å². The molecule has 1 atom stereocenters. The van der Waals surface area contributed by atoms with Crippen LogP contribution in [-0.4, -0.2) is 28.0 Å². The highest BCUT2D eigenvalue weighted by molar-refractivity contribution is 7.21. The van der Waals surface area contributed by atoms with Gasteiger partial charge in [-0.05, 0) is 48.2 Å². The first-order valence-corrected chi connectivity index (χ1v) is 10.1. The molecule has 1 unspecified atom stereocenters. The second-order valence-corrected chi connectivity index (χ2v) is 8.22. The Morgan fingerprint density at radius 2 is 1.96 bits per heavy atom. The van der Waals surface area contributed by atoms with Gasteiger partial charge in [0.25, 0.3) is 0 Å². The fourth-order valence-electron chi connectivity index (χ4n) is 3.61. The van der Waals surface area contributed by atoms with E-state index in [9.17, 15) is 0 Å². The maximum Gasteiger partial charge on any atom is 0.128 e. The zero-order valence-electron chi connectivity index (χ0n) is 15.2. The van der Waals surface area contributed by atoms with Gasteiger partial charge in [-0.15, -0.1) is 11.3 Å². The van der Waals surface area contributed by atoms with Crippen molar-refractivity contribution >= 4 is 27.4 Å². The van der Waals surface area contributed by atoms with E-state index in [1.807, 2.05) is 18.5 Å². The zero-order valence-corrected chi connectivity index (χ0v) is 16.0. The highest BCUT2D eigenvalue weighted by atomic mass is 32.1. The Hall–Kier alpha value is -2.79. The molecule has 0 bridgehead atoms. The lowest BCUT2D eigenvalue weighted by molar-refractivity contribution is 0.659. The minimum atomic E-state index is 0.754. The van der Waals surface area contributed by atoms with Crippen LogP contribution in [0.25, 0.3) is 31.9 Å². The predicted octanol–water partition coefficient (Wildman–Crippen LogP) is 5.27. The number of aromatic nitrogens is 3. The lowest BCUT2D eigenvalue weighted by Gasteiger charge is -2.16. The lowest BCUT2D eigenvalue weighted by atomic mass is 10.1. The molecular formula is C22H20N4S. The molecule has 0 amide bonds. The van der Waals surface area contributed by atoms with Crippen LogP contribution in [0.1, 0.15) is 13.3 Å². The molecule has 0 radical (unpaired) electrons. The first-order valence-electron chi connectivity index (χ1n) is 9.28. The number of anilines is 1. The SMILES string of the molecule is CC1CCN(c2ccc(-c3nc4cc(-c5cccnc5)ccc4s3)cn2)C1. The molecule has 1 saturated heterocycles. The minimum absolute atomic E-state index is 0.754. The number of thiazole rings is 1. The summed E-state index contributed by atoms with van der Waals surface area (Å²) >= 11 is 1.71. The molecule has 0 spiro atoms. The van der Waals surface area contributed by atoms with E-state index in [0.717, 1.165) is 52.0 Å². The summed E-state index contributed by atoms with van der Waals surface area (Å²) in [4.78, 5) is 16.1. The second kappa shape index (κ2) is 6.74. The molecule has 1 aliphatic heterocycles. The Kier molecular flexibility index (Phi) is 4.09. The van der Waals surface area contributed by atoms with Gasteiger partial charge in [-0.3, -0.25) is 4.98 Å². The summed E-state index contributed by atoms with van der Waals surface area (Å²) in [5.74, 6) is 1.83. The van der Waals surface area contributed by atoms with Crippen LogP contribution in [0.4, 0.5) is 5.82 Å². The van der Waals surface area contributed by atoms with Crippen LogP contribution in [0.15, 0.2) is 61.1 Å². The van der Waals surface area contributed by atoms with Crippen molar-refractivity contribution in [2.24, 2.45) is 5.92 Å². The largest absolute Gasteiger partial charge is 0.356 e. The molecule has 5 heteroatoms. The van der Waals surface area contributed by atoms with Gasteiger partial charge in [0.2, 0.25) is 0 Å². The summed E-state index contributed by atoms with van der Waals surface area (Å²) in [5, 5.41) is 1.02. The third-order valence-electron chi connectivity index (χ3n) is 5.13. The quantitative estimate of drug-likeness (QED) is 0.491. The molecule has 134 valence electrons. The first-order chi connectivity index (χ1) is 13.3. The molecule has 5 rings (SSSR count). The lowest BCUT2D eigenvalue weighted by Crippen LogP contribution is -2.19. The topological polar surface area (TPSA) is 41.9 Å². The van der Waals surface area contributed by atoms with Crippen molar-refractivity contribution in [2.45, 2.75) is 13.3 Å². The Labute approximate surface area is 162 Å². The van der Waals surface area contributed by atoms with Crippen molar-refractivity contribution in [1.82, 2.24) is 15.0 Å². The normalized spacial score (nSPS) is 16.9. The Morgan fingerprint density at radius 1 is 1.04 bits per heavy atom. The van der Waals surface area contributed by atoms with Crippen molar-refractivity contribution in [1.29, 1.82) is 0 Å². The average Bonchev–Trinajstić information content (AvgIpc) is 3.34. The second-order valence-electron chi connectivity index (χ2n) is 7.19. The summed E-state index contributed by atoms with van der Waals surface area (Å²) in [6, 6.07) is 14.7. The van der Waals surface area contributed by atoms with Gasteiger partial charge in [-0.2, -0.15) is 0 Å². The number of rotatable bonds is 3. The van der Waals surface area contributed by atoms with Gasteiger partial charge in [0, 0.05) is 42.8 Å². The number of hydrogen-bond acceptors (Lipinski definition) is 5. The number of nitrogens with zero attached hydrogens (tertiary/aromatic N) is 4. The molecule has 4 nitrogen and oxygen atoms in total. The van der Waals surface area contributed by atoms with Crippen molar-refractivity contribution in [2.75, 3.05) is 18.0 Å². The van der Waals surface area contributed by atoms with E-state index in [1.165, 1.54) is 11.1 Å². The molecule has 0 N–H and O–H groups in total. The van der Waals surface area contributed by atoms with Crippen molar-refractivity contribution in [3.8, 4) is 21.7 Å². The summed E-state index contributed by atoms with van der Waals surface area (Å²) in [5.41, 5.74) is 4.35. The Balaban J connectivity index is 1.45. The smallest absolute Gasteiger partial charge is 0.128 e. The van der Waals surface area contributed by atoms with E-state index >= 15 is 0 Å². The standard InChI is InChI=1S/C22H20N4S/c1-15-8-10-26(14-15)21-7-5-18(13-24-21)22-25-19-11-16(4-6-20(19)27-22)17-3-2-9-23-12-17/h2-7,9,11-13,15H,8,10,14H2,1H3. The molecule has 4 aromatic rings. The Morgan fingerprint density at radius 3 is 2.70 bits per heavy atom. The molecule has 1 aromatic carbocycles. The Bertz CT molecular complexity index is 1070. The molecule has 3 aromatic heterocycles. The van der Waals surface area contributed by atoms with Gasteiger partial charge in [0.15, 0.2) is 0 Å². The van der Waals surface area contributed by atoms with E-state index in [0.29, 0.717) is 0 Å². The van der Waals surface area contributed by atoms with Crippen molar-refractivity contribution < 1.29 is 0 Å². The van der Waals surface area contributed by atoms with Crippen LogP contribution >= 0.6 is 11.3 Å². The maximum absolute atomic E-state index is 4.85. The van der Waals surface area contributed by atoms with Crippen LogP contribution in [0.5, 0.6) is 0 Å². The van der Waals surface area contributed by atoms with Crippen LogP contribution < -0.4 is 4.90 Å². The fourth-order valence-corrected chi connectivity index (χ4v) is 4.54. The third kappa shape index (κ3) is 3.19. The maximum atomic E-state index is 4.85. The van der Waals surface area contributed by atoms with E-state index in [1.54, 1.807) is 17.5 Å². The summed E-state index contributed by atoms with van der Waals surface area (Å²) in [7, 11) is 0. The molecule has 0 aliphatic carbocycles. The molecular weight excluding hydrogens is 352 g/mol. The van der Waals surface area contributed by atoms with Gasteiger partial charge in [0.05, 0.1) is 10.2 Å². The minimum Gasteiger partial charge on any atom is -0.356 e. The average molecular weight is 372 g/mol. The third-order valence-corrected chi connectivity index (χ3v) is 6.21. The predicted molar refractivity (Wildman–Crippen MR) is 112 cm³/mol. The zero-order chi connectivity index (χ0) is 18.2. The number of hydrogen-bond donors (Lipinski definition) is 0. The number of pyridine rings is 2. The molecule has 4 heterocycles. The van der Waals surface area contributed by atoms with Crippen LogP contribution in [0.3, 0.4) is 0 Å². The van der Waals surface area contributed by atoms with Gasteiger partial charge in [-0.25, -0.2) is 9.97 Å². The molecule has 1 fully saturated rings. The highest BCUT2D eigenvalue weighted by Crippen LogP contribution is 2.33. The van der Waals surface area contributed by atoms with Crippen LogP contribution in [0.2, 0.25) is 0 Å². The summed E-state index contributed by atoms with van der Waals surface area (Å²) in [6.45, 7) is 4.51. The van der Waals surface area contributed by atoms with Crippen molar-refractivity contribution in [3.63, 3.8) is 0 Å². The van der Waals surface area contributed by atoms with E-state index < -0.39 is 0 Å². The van der Waals surface area contributed by atoms with E-state index in [-0.39, 0.29) is 0 Å². The van der Waals surface area contributed by atoms with E-state index in [4.69, 9.17) is 9.97 Å². The monoisotopic (exact) mass is 372 g/mol. The van der Waals surface area contributed by atoms with Gasteiger partial charge < -0.3 is 4.90 Å². The van der Waals surface area contributed by atoms with E-state index in [2.05, 4.69) is 53.2 Å². The molecule has 1 aliphatic rings. The highest BCUT2D eigenvalue weighted by Gasteiger charge is 2.19. The number of fused-ring (bicyclic) bond motifs is 1. The summed E-state index contributed by atoms with van der Waals surface area (Å²) in [6.07, 6.45) is 6.89. The van der Waals surface area contributed by atoms with Crippen LogP contribution in [0, 0.1) is 5.92 Å². The fraction of sp³-hybridized carbons (Fsp3) is 0.227. The van der Waals surface area contributed by atoms with Gasteiger partial charge in [-0.1, -0.05) is 19.1 Å². The van der Waals surface area contributed by atoms with Crippen molar-refractivity contribution in [3.05, 3.63) is 61.1 Å². The summed E-state index contributed by atoms with van der Waals surface area (Å²) < 4.78 is 1.19. The molecule has 0 saturated carbocycles. The van der Waals surface area contributed by atoms with Crippen LogP contribution in [-0.2, 0) is 0 Å².